The molecule has 0 N–H and O–H groups in total. The number of alkyl halides is 3. The van der Waals surface area contributed by atoms with Gasteiger partial charge < -0.3 is 4.74 Å². The Morgan fingerprint density at radius 1 is 1.19 bits per heavy atom. The van der Waals surface area contributed by atoms with E-state index in [4.69, 9.17) is 11.6 Å². The van der Waals surface area contributed by atoms with Crippen molar-refractivity contribution < 1.29 is 22.7 Å². The molecule has 2 aromatic carbocycles. The molecule has 27 heavy (non-hydrogen) atoms. The molecular weight excluding hydrogens is 399 g/mol. The van der Waals surface area contributed by atoms with Gasteiger partial charge in [0.25, 0.3) is 0 Å². The zero-order chi connectivity index (χ0) is 19.6. The summed E-state index contributed by atoms with van der Waals surface area (Å²) in [5, 5.41) is 2.62. The Labute approximate surface area is 162 Å². The number of esters is 1. The summed E-state index contributed by atoms with van der Waals surface area (Å²) in [4.78, 5) is 15.9. The van der Waals surface area contributed by atoms with Gasteiger partial charge in [-0.25, -0.2) is 9.78 Å². The highest BCUT2D eigenvalue weighted by atomic mass is 35.5. The molecule has 0 spiro atoms. The Morgan fingerprint density at radius 3 is 2.52 bits per heavy atom. The fourth-order valence-electron chi connectivity index (χ4n) is 2.46. The second kappa shape index (κ2) is 7.70. The number of ether oxygens (including phenoxy) is 1. The van der Waals surface area contributed by atoms with Gasteiger partial charge in [-0.05, 0) is 35.9 Å². The summed E-state index contributed by atoms with van der Waals surface area (Å²) in [6.07, 6.45) is -3.96. The minimum atomic E-state index is -4.44. The van der Waals surface area contributed by atoms with Crippen LogP contribution in [0.1, 0.15) is 26.5 Å². The van der Waals surface area contributed by atoms with Crippen LogP contribution in [0.25, 0.3) is 11.3 Å². The molecule has 0 unspecified atom stereocenters. The normalized spacial score (nSPS) is 11.4. The third-order valence-corrected chi connectivity index (χ3v) is 5.03. The maximum absolute atomic E-state index is 12.9. The quantitative estimate of drug-likeness (QED) is 0.505. The van der Waals surface area contributed by atoms with Crippen LogP contribution in [0, 0.1) is 0 Å². The number of hydrogen-bond acceptors (Lipinski definition) is 4. The summed E-state index contributed by atoms with van der Waals surface area (Å²) in [7, 11) is 1.31. The Morgan fingerprint density at radius 2 is 1.89 bits per heavy atom. The second-order valence-electron chi connectivity index (χ2n) is 5.68. The standard InChI is InChI=1S/C19H13ClF3NO2S/c1-26-18(25)12-4-2-11(3-5-12)8-17-24-16(10-27-17)14-9-13(19(21,22)23)6-7-15(14)20/h2-7,9-10H,8H2,1H3. The summed E-state index contributed by atoms with van der Waals surface area (Å²) in [5.74, 6) is -0.419. The molecule has 3 aromatic rings. The molecule has 0 amide bonds. The van der Waals surface area contributed by atoms with Crippen LogP contribution in [0.15, 0.2) is 47.8 Å². The first-order valence-corrected chi connectivity index (χ1v) is 9.02. The number of aromatic nitrogens is 1. The molecule has 3 nitrogen and oxygen atoms in total. The molecule has 3 rings (SSSR count). The van der Waals surface area contributed by atoms with Gasteiger partial charge in [0, 0.05) is 17.4 Å². The van der Waals surface area contributed by atoms with Crippen LogP contribution < -0.4 is 0 Å². The van der Waals surface area contributed by atoms with Gasteiger partial charge in [-0.3, -0.25) is 0 Å². The van der Waals surface area contributed by atoms with Crippen molar-refractivity contribution in [2.24, 2.45) is 0 Å². The number of carbonyl (C=O) groups excluding carboxylic acids is 1. The van der Waals surface area contributed by atoms with Gasteiger partial charge in [0.1, 0.15) is 0 Å². The topological polar surface area (TPSA) is 39.2 Å². The van der Waals surface area contributed by atoms with E-state index in [1.807, 2.05) is 0 Å². The van der Waals surface area contributed by atoms with E-state index in [1.165, 1.54) is 24.5 Å². The SMILES string of the molecule is COC(=O)c1ccc(Cc2nc(-c3cc(C(F)(F)F)ccc3Cl)cs2)cc1. The Hall–Kier alpha value is -2.38. The lowest BCUT2D eigenvalue weighted by atomic mass is 10.1. The van der Waals surface area contributed by atoms with E-state index in [2.05, 4.69) is 9.72 Å². The molecule has 140 valence electrons. The van der Waals surface area contributed by atoms with Crippen molar-refractivity contribution >= 4 is 28.9 Å². The fraction of sp³-hybridized carbons (Fsp3) is 0.158. The minimum Gasteiger partial charge on any atom is -0.465 e. The van der Waals surface area contributed by atoms with E-state index in [0.717, 1.165) is 22.7 Å². The van der Waals surface area contributed by atoms with Gasteiger partial charge in [-0.1, -0.05) is 23.7 Å². The molecule has 1 heterocycles. The van der Waals surface area contributed by atoms with E-state index in [9.17, 15) is 18.0 Å². The van der Waals surface area contributed by atoms with Crippen molar-refractivity contribution in [1.82, 2.24) is 4.98 Å². The predicted molar refractivity (Wildman–Crippen MR) is 98.1 cm³/mol. The molecule has 0 atom stereocenters. The first-order chi connectivity index (χ1) is 12.8. The monoisotopic (exact) mass is 411 g/mol. The predicted octanol–water partition coefficient (Wildman–Crippen LogP) is 5.86. The number of nitrogens with zero attached hydrogens (tertiary/aromatic N) is 1. The highest BCUT2D eigenvalue weighted by Gasteiger charge is 2.31. The molecule has 8 heteroatoms. The summed E-state index contributed by atoms with van der Waals surface area (Å²) in [6, 6.07) is 10.0. The molecular formula is C19H13ClF3NO2S. The lowest BCUT2D eigenvalue weighted by Crippen LogP contribution is -2.04. The van der Waals surface area contributed by atoms with E-state index in [-0.39, 0.29) is 10.6 Å². The summed E-state index contributed by atoms with van der Waals surface area (Å²) >= 11 is 7.40. The van der Waals surface area contributed by atoms with E-state index < -0.39 is 17.7 Å². The zero-order valence-electron chi connectivity index (χ0n) is 14.0. The van der Waals surface area contributed by atoms with Crippen LogP contribution in [-0.2, 0) is 17.3 Å². The number of halogens is 4. The maximum atomic E-state index is 12.9. The number of hydrogen-bond donors (Lipinski definition) is 0. The van der Waals surface area contributed by atoms with Crippen molar-refractivity contribution in [1.29, 1.82) is 0 Å². The summed E-state index contributed by atoms with van der Waals surface area (Å²) < 4.78 is 43.4. The third kappa shape index (κ3) is 4.48. The molecule has 0 saturated heterocycles. The number of rotatable bonds is 4. The molecule has 0 saturated carbocycles. The zero-order valence-corrected chi connectivity index (χ0v) is 15.6. The van der Waals surface area contributed by atoms with Crippen molar-refractivity contribution in [3.05, 3.63) is 74.6 Å². The van der Waals surface area contributed by atoms with Crippen molar-refractivity contribution in [3.63, 3.8) is 0 Å². The molecule has 0 fully saturated rings. The van der Waals surface area contributed by atoms with Crippen molar-refractivity contribution in [2.75, 3.05) is 7.11 Å². The van der Waals surface area contributed by atoms with Crippen LogP contribution in [0.4, 0.5) is 13.2 Å². The van der Waals surface area contributed by atoms with Crippen LogP contribution in [-0.4, -0.2) is 18.1 Å². The molecule has 0 aliphatic carbocycles. The van der Waals surface area contributed by atoms with Gasteiger partial charge in [0.2, 0.25) is 0 Å². The molecule has 0 radical (unpaired) electrons. The molecule has 0 aliphatic rings. The maximum Gasteiger partial charge on any atom is 0.416 e. The summed E-state index contributed by atoms with van der Waals surface area (Å²) in [5.41, 5.74) is 1.23. The number of methoxy groups -OCH3 is 1. The van der Waals surface area contributed by atoms with Crippen LogP contribution in [0.3, 0.4) is 0 Å². The van der Waals surface area contributed by atoms with Crippen LogP contribution >= 0.6 is 22.9 Å². The van der Waals surface area contributed by atoms with Gasteiger partial charge in [-0.15, -0.1) is 11.3 Å². The molecule has 0 aliphatic heterocycles. The average Bonchev–Trinajstić information content (AvgIpc) is 3.09. The van der Waals surface area contributed by atoms with Crippen LogP contribution in [0.2, 0.25) is 5.02 Å². The van der Waals surface area contributed by atoms with Gasteiger partial charge in [-0.2, -0.15) is 13.2 Å². The smallest absolute Gasteiger partial charge is 0.416 e. The number of thiazole rings is 1. The second-order valence-corrected chi connectivity index (χ2v) is 7.03. The van der Waals surface area contributed by atoms with E-state index in [1.54, 1.807) is 29.6 Å². The lowest BCUT2D eigenvalue weighted by molar-refractivity contribution is -0.137. The highest BCUT2D eigenvalue weighted by Crippen LogP contribution is 2.36. The highest BCUT2D eigenvalue weighted by molar-refractivity contribution is 7.10. The average molecular weight is 412 g/mol. The minimum absolute atomic E-state index is 0.210. The van der Waals surface area contributed by atoms with Gasteiger partial charge in [0.05, 0.1) is 34.0 Å². The van der Waals surface area contributed by atoms with Crippen LogP contribution in [0.5, 0.6) is 0 Å². The summed E-state index contributed by atoms with van der Waals surface area (Å²) in [6.45, 7) is 0. The third-order valence-electron chi connectivity index (χ3n) is 3.85. The lowest BCUT2D eigenvalue weighted by Gasteiger charge is -2.09. The largest absolute Gasteiger partial charge is 0.465 e. The Balaban J connectivity index is 1.82. The molecule has 0 bridgehead atoms. The van der Waals surface area contributed by atoms with Crippen molar-refractivity contribution in [3.8, 4) is 11.3 Å². The molecule has 1 aromatic heterocycles. The van der Waals surface area contributed by atoms with Crippen molar-refractivity contribution in [2.45, 2.75) is 12.6 Å². The first kappa shape index (κ1) is 19.4. The van der Waals surface area contributed by atoms with Gasteiger partial charge >= 0.3 is 12.1 Å². The first-order valence-electron chi connectivity index (χ1n) is 7.76. The van der Waals surface area contributed by atoms with Gasteiger partial charge in [0.15, 0.2) is 0 Å². The van der Waals surface area contributed by atoms with E-state index in [0.29, 0.717) is 17.7 Å². The fourth-order valence-corrected chi connectivity index (χ4v) is 3.51. The number of benzene rings is 2. The van der Waals surface area contributed by atoms with E-state index >= 15 is 0 Å². The number of carbonyl (C=O) groups is 1. The Bertz CT molecular complexity index is 968. The Kier molecular flexibility index (Phi) is 5.53.